The molecule has 0 aromatic carbocycles. The van der Waals surface area contributed by atoms with Crippen LogP contribution in [0.2, 0.25) is 0 Å². The van der Waals surface area contributed by atoms with Crippen LogP contribution in [0, 0.1) is 0 Å². The van der Waals surface area contributed by atoms with Gasteiger partial charge in [-0.15, -0.1) is 0 Å². The fourth-order valence-corrected chi connectivity index (χ4v) is 3.10. The number of aromatic amines is 1. The highest BCUT2D eigenvalue weighted by molar-refractivity contribution is 7.88. The van der Waals surface area contributed by atoms with Crippen LogP contribution in [0.5, 0.6) is 0 Å². The molecule has 2 heterocycles. The maximum Gasteiger partial charge on any atom is 0.377 e. The number of hydrogen-bond acceptors (Lipinski definition) is 8. The summed E-state index contributed by atoms with van der Waals surface area (Å²) in [7, 11) is -3.70. The maximum atomic E-state index is 12.0. The van der Waals surface area contributed by atoms with Crippen molar-refractivity contribution in [2.75, 3.05) is 13.2 Å². The monoisotopic (exact) mass is 386 g/mol. The SMILES string of the molecule is CCOC(=O)c1cc(CS(=O)(=O)NCCCn2ccc(=O)[nH]c2=O)no1. The number of carbonyl (C=O) groups is 1. The number of rotatable bonds is 9. The summed E-state index contributed by atoms with van der Waals surface area (Å²) in [5.74, 6) is -1.36. The normalized spacial score (nSPS) is 11.4. The summed E-state index contributed by atoms with van der Waals surface area (Å²) in [5, 5.41) is 3.53. The number of aryl methyl sites for hydroxylation is 1. The first-order chi connectivity index (χ1) is 12.3. The van der Waals surface area contributed by atoms with Gasteiger partial charge in [-0.2, -0.15) is 0 Å². The number of nitrogens with one attached hydrogen (secondary N) is 2. The van der Waals surface area contributed by atoms with Crippen LogP contribution in [0.3, 0.4) is 0 Å². The zero-order valence-electron chi connectivity index (χ0n) is 13.9. The second-order valence-corrected chi connectivity index (χ2v) is 7.02. The number of sulfonamides is 1. The van der Waals surface area contributed by atoms with Gasteiger partial charge in [-0.3, -0.25) is 9.78 Å². The van der Waals surface area contributed by atoms with Crippen LogP contribution >= 0.6 is 0 Å². The topological polar surface area (TPSA) is 153 Å². The highest BCUT2D eigenvalue weighted by Gasteiger charge is 2.18. The molecule has 0 bridgehead atoms. The summed E-state index contributed by atoms with van der Waals surface area (Å²) < 4.78 is 37.1. The molecule has 2 N–H and O–H groups in total. The van der Waals surface area contributed by atoms with Crippen molar-refractivity contribution in [2.45, 2.75) is 25.6 Å². The van der Waals surface area contributed by atoms with Crippen LogP contribution in [0.1, 0.15) is 29.6 Å². The van der Waals surface area contributed by atoms with Gasteiger partial charge in [0.1, 0.15) is 11.4 Å². The highest BCUT2D eigenvalue weighted by Crippen LogP contribution is 2.08. The van der Waals surface area contributed by atoms with Gasteiger partial charge in [0.25, 0.3) is 5.56 Å². The van der Waals surface area contributed by atoms with Gasteiger partial charge in [-0.25, -0.2) is 22.7 Å². The molecule has 0 saturated heterocycles. The Morgan fingerprint density at radius 1 is 1.42 bits per heavy atom. The predicted octanol–water partition coefficient (Wildman–Crippen LogP) is -0.789. The Kier molecular flexibility index (Phi) is 6.46. The lowest BCUT2D eigenvalue weighted by atomic mass is 10.4. The van der Waals surface area contributed by atoms with Crippen molar-refractivity contribution in [1.29, 1.82) is 0 Å². The second kappa shape index (κ2) is 8.58. The van der Waals surface area contributed by atoms with Gasteiger partial charge in [0.2, 0.25) is 15.8 Å². The fraction of sp³-hybridized carbons (Fsp3) is 0.429. The van der Waals surface area contributed by atoms with Gasteiger partial charge in [-0.1, -0.05) is 5.16 Å². The highest BCUT2D eigenvalue weighted by atomic mass is 32.2. The lowest BCUT2D eigenvalue weighted by molar-refractivity contribution is 0.0479. The number of carbonyl (C=O) groups excluding carboxylic acids is 1. The third kappa shape index (κ3) is 5.67. The number of esters is 1. The molecule has 11 nitrogen and oxygen atoms in total. The number of ether oxygens (including phenoxy) is 1. The Balaban J connectivity index is 1.84. The number of nitrogens with zero attached hydrogens (tertiary/aromatic N) is 2. The molecule has 0 atom stereocenters. The molecule has 12 heteroatoms. The van der Waals surface area contributed by atoms with Crippen molar-refractivity contribution >= 4 is 16.0 Å². The quantitative estimate of drug-likeness (QED) is 0.420. The van der Waals surface area contributed by atoms with Gasteiger partial charge < -0.3 is 13.8 Å². The molecule has 0 aliphatic heterocycles. The Hall–Kier alpha value is -2.73. The summed E-state index contributed by atoms with van der Waals surface area (Å²) >= 11 is 0. The molecule has 0 fully saturated rings. The van der Waals surface area contributed by atoms with E-state index >= 15 is 0 Å². The predicted molar refractivity (Wildman–Crippen MR) is 89.0 cm³/mol. The van der Waals surface area contributed by atoms with E-state index in [2.05, 4.69) is 14.9 Å². The van der Waals surface area contributed by atoms with Crippen molar-refractivity contribution in [2.24, 2.45) is 0 Å². The minimum absolute atomic E-state index is 0.0670. The zero-order chi connectivity index (χ0) is 19.2. The molecule has 2 aromatic rings. The average molecular weight is 386 g/mol. The third-order valence-corrected chi connectivity index (χ3v) is 4.49. The lowest BCUT2D eigenvalue weighted by Gasteiger charge is -2.06. The van der Waals surface area contributed by atoms with Gasteiger partial charge in [-0.05, 0) is 13.3 Å². The minimum Gasteiger partial charge on any atom is -0.460 e. The van der Waals surface area contributed by atoms with E-state index in [0.717, 1.165) is 0 Å². The van der Waals surface area contributed by atoms with Crippen molar-refractivity contribution < 1.29 is 22.5 Å². The Morgan fingerprint density at radius 2 is 2.19 bits per heavy atom. The van der Waals surface area contributed by atoms with Crippen molar-refractivity contribution in [1.82, 2.24) is 19.4 Å². The molecule has 0 amide bonds. The molecule has 26 heavy (non-hydrogen) atoms. The van der Waals surface area contributed by atoms with E-state index in [1.54, 1.807) is 6.92 Å². The van der Waals surface area contributed by atoms with E-state index in [0.29, 0.717) is 6.42 Å². The largest absolute Gasteiger partial charge is 0.460 e. The maximum absolute atomic E-state index is 12.0. The molecule has 0 aliphatic carbocycles. The van der Waals surface area contributed by atoms with E-state index in [-0.39, 0.29) is 31.2 Å². The Bertz CT molecular complexity index is 973. The van der Waals surface area contributed by atoms with Crippen LogP contribution in [-0.4, -0.2) is 42.2 Å². The van der Waals surface area contributed by atoms with E-state index in [9.17, 15) is 22.8 Å². The summed E-state index contributed by atoms with van der Waals surface area (Å²) in [6, 6.07) is 2.41. The number of H-pyrrole nitrogens is 1. The van der Waals surface area contributed by atoms with Crippen LogP contribution < -0.4 is 16.0 Å². The van der Waals surface area contributed by atoms with Gasteiger partial charge >= 0.3 is 11.7 Å². The average Bonchev–Trinajstić information content (AvgIpc) is 3.01. The van der Waals surface area contributed by atoms with Crippen LogP contribution in [-0.2, 0) is 27.1 Å². The molecule has 0 aliphatic rings. The van der Waals surface area contributed by atoms with Crippen molar-refractivity contribution in [3.63, 3.8) is 0 Å². The first-order valence-corrected chi connectivity index (χ1v) is 9.36. The summed E-state index contributed by atoms with van der Waals surface area (Å²) in [6.07, 6.45) is 1.67. The molecular formula is C14H18N4O7S. The summed E-state index contributed by atoms with van der Waals surface area (Å²) in [6.45, 7) is 2.10. The smallest absolute Gasteiger partial charge is 0.377 e. The lowest BCUT2D eigenvalue weighted by Crippen LogP contribution is -2.31. The first-order valence-electron chi connectivity index (χ1n) is 7.70. The van der Waals surface area contributed by atoms with E-state index in [4.69, 9.17) is 9.26 Å². The minimum atomic E-state index is -3.70. The zero-order valence-corrected chi connectivity index (χ0v) is 14.7. The molecule has 0 radical (unpaired) electrons. The fourth-order valence-electron chi connectivity index (χ4n) is 2.02. The van der Waals surface area contributed by atoms with E-state index in [1.807, 2.05) is 0 Å². The number of hydrogen-bond donors (Lipinski definition) is 2. The van der Waals surface area contributed by atoms with Crippen molar-refractivity contribution in [3.8, 4) is 0 Å². The molecule has 0 spiro atoms. The molecule has 0 saturated carbocycles. The van der Waals surface area contributed by atoms with Gasteiger partial charge in [0.15, 0.2) is 0 Å². The van der Waals surface area contributed by atoms with E-state index < -0.39 is 33.0 Å². The Morgan fingerprint density at radius 3 is 2.88 bits per heavy atom. The van der Waals surface area contributed by atoms with Crippen LogP contribution in [0.4, 0.5) is 0 Å². The molecule has 0 unspecified atom stereocenters. The molecule has 2 aromatic heterocycles. The number of aromatic nitrogens is 3. The third-order valence-electron chi connectivity index (χ3n) is 3.17. The molecule has 142 valence electrons. The van der Waals surface area contributed by atoms with Crippen LogP contribution in [0.15, 0.2) is 32.4 Å². The van der Waals surface area contributed by atoms with Crippen LogP contribution in [0.25, 0.3) is 0 Å². The molecular weight excluding hydrogens is 368 g/mol. The van der Waals surface area contributed by atoms with E-state index in [1.165, 1.54) is 22.9 Å². The van der Waals surface area contributed by atoms with Gasteiger partial charge in [0, 0.05) is 31.4 Å². The summed E-state index contributed by atoms with van der Waals surface area (Å²) in [4.78, 5) is 36.0. The van der Waals surface area contributed by atoms with Gasteiger partial charge in [0.05, 0.1) is 6.61 Å². The van der Waals surface area contributed by atoms with Crippen molar-refractivity contribution in [3.05, 3.63) is 50.6 Å². The molecule has 2 rings (SSSR count). The summed E-state index contributed by atoms with van der Waals surface area (Å²) in [5.41, 5.74) is -0.992. The Labute approximate surface area is 148 Å². The first kappa shape index (κ1) is 19.6. The second-order valence-electron chi connectivity index (χ2n) is 5.21. The standard InChI is InChI=1S/C14H18N4O7S/c1-2-24-13(20)11-8-10(17-25-11)9-26(22,23)15-5-3-6-18-7-4-12(19)16-14(18)21/h4,7-8,15H,2-3,5-6,9H2,1H3,(H,16,19,21).